The van der Waals surface area contributed by atoms with Crippen molar-refractivity contribution >= 4 is 18.2 Å². The van der Waals surface area contributed by atoms with Gasteiger partial charge in [0.15, 0.2) is 5.82 Å². The number of aromatic nitrogens is 2. The van der Waals surface area contributed by atoms with Crippen LogP contribution in [0.1, 0.15) is 0 Å². The Bertz CT molecular complexity index is 331. The van der Waals surface area contributed by atoms with Crippen LogP contribution in [0.5, 0.6) is 0 Å². The molecule has 0 spiro atoms. The molecule has 0 saturated carbocycles. The molecule has 0 fully saturated rings. The quantitative estimate of drug-likeness (QED) is 0.552. The van der Waals surface area contributed by atoms with Crippen LogP contribution in [0.3, 0.4) is 0 Å². The number of hydrogen-bond acceptors (Lipinski definition) is 3. The van der Waals surface area contributed by atoms with Gasteiger partial charge in [-0.15, -0.1) is 5.10 Å². The molecule has 0 atom stereocenters. The van der Waals surface area contributed by atoms with E-state index in [1.807, 2.05) is 0 Å². The Balaban J connectivity index is 2.78. The van der Waals surface area contributed by atoms with Crippen molar-refractivity contribution in [2.24, 2.45) is 4.99 Å². The molecule has 2 heterocycles. The van der Waals surface area contributed by atoms with Crippen LogP contribution in [-0.2, 0) is 0 Å². The van der Waals surface area contributed by atoms with Gasteiger partial charge in [-0.3, -0.25) is 0 Å². The van der Waals surface area contributed by atoms with E-state index >= 15 is 0 Å². The van der Waals surface area contributed by atoms with Gasteiger partial charge in [-0.25, -0.2) is 9.51 Å². The Morgan fingerprint density at radius 3 is 3.30 bits per heavy atom. The summed E-state index contributed by atoms with van der Waals surface area (Å²) in [6, 6.07) is 1.72. The Hall–Kier alpha value is -1.58. The third-order valence-corrected chi connectivity index (χ3v) is 1.24. The van der Waals surface area contributed by atoms with E-state index in [2.05, 4.69) is 16.8 Å². The van der Waals surface area contributed by atoms with Crippen LogP contribution in [0.15, 0.2) is 27.9 Å². The fraction of sp³-hybridized carbons (Fsp3) is 0. The van der Waals surface area contributed by atoms with Crippen molar-refractivity contribution in [3.05, 3.63) is 18.5 Å². The predicted octanol–water partition coefficient (Wildman–Crippen LogP) is 1.26. The summed E-state index contributed by atoms with van der Waals surface area (Å²) in [4.78, 5) is 3.64. The molecule has 4 heteroatoms. The van der Waals surface area contributed by atoms with Gasteiger partial charge in [0.2, 0.25) is 5.71 Å². The molecule has 2 rings (SSSR count). The number of rotatable bonds is 1. The third kappa shape index (κ3) is 0.556. The Labute approximate surface area is 56.8 Å². The van der Waals surface area contributed by atoms with E-state index in [4.69, 9.17) is 4.42 Å². The summed E-state index contributed by atoms with van der Waals surface area (Å²) in [6.45, 7) is 3.34. The smallest absolute Gasteiger partial charge is 0.223 e. The van der Waals surface area contributed by atoms with E-state index in [-0.39, 0.29) is 0 Å². The van der Waals surface area contributed by atoms with Gasteiger partial charge in [-0.05, 0) is 6.72 Å². The molecule has 10 heavy (non-hydrogen) atoms. The Kier molecular flexibility index (Phi) is 0.887. The molecule has 0 aliphatic heterocycles. The van der Waals surface area contributed by atoms with Gasteiger partial charge in [-0.2, -0.15) is 0 Å². The highest BCUT2D eigenvalue weighted by atomic mass is 16.3. The van der Waals surface area contributed by atoms with Gasteiger partial charge in [0.25, 0.3) is 0 Å². The van der Waals surface area contributed by atoms with Gasteiger partial charge >= 0.3 is 0 Å². The van der Waals surface area contributed by atoms with Crippen molar-refractivity contribution < 1.29 is 4.42 Å². The second-order valence-electron chi connectivity index (χ2n) is 1.85. The van der Waals surface area contributed by atoms with Crippen molar-refractivity contribution in [3.63, 3.8) is 0 Å². The topological polar surface area (TPSA) is 42.8 Å². The Morgan fingerprint density at radius 2 is 2.60 bits per heavy atom. The fourth-order valence-corrected chi connectivity index (χ4v) is 0.795. The van der Waals surface area contributed by atoms with Crippen molar-refractivity contribution in [1.82, 2.24) is 9.61 Å². The zero-order chi connectivity index (χ0) is 6.97. The van der Waals surface area contributed by atoms with E-state index in [0.717, 1.165) is 0 Å². The summed E-state index contributed by atoms with van der Waals surface area (Å²) in [7, 11) is 0. The highest BCUT2D eigenvalue weighted by molar-refractivity contribution is 5.48. The zero-order valence-electron chi connectivity index (χ0n) is 5.19. The highest BCUT2D eigenvalue weighted by Gasteiger charge is 1.99. The van der Waals surface area contributed by atoms with Crippen molar-refractivity contribution in [3.8, 4) is 0 Å². The minimum Gasteiger partial charge on any atom is -0.445 e. The summed E-state index contributed by atoms with van der Waals surface area (Å²) in [5.74, 6) is 0.583. The molecular formula is C6H5N3O. The van der Waals surface area contributed by atoms with E-state index in [0.29, 0.717) is 11.5 Å². The molecule has 0 N–H and O–H groups in total. The average Bonchev–Trinajstić information content (AvgIpc) is 2.42. The SMILES string of the molecule is C=Nc1cc2occn2n1. The first-order chi connectivity index (χ1) is 4.90. The number of hydrogen-bond donors (Lipinski definition) is 0. The van der Waals surface area contributed by atoms with Crippen molar-refractivity contribution in [2.45, 2.75) is 0 Å². The van der Waals surface area contributed by atoms with Gasteiger partial charge in [0.05, 0.1) is 6.20 Å². The summed E-state index contributed by atoms with van der Waals surface area (Å²) in [5.41, 5.74) is 0.683. The van der Waals surface area contributed by atoms with E-state index in [1.165, 1.54) is 0 Å². The molecule has 0 aromatic carbocycles. The highest BCUT2D eigenvalue weighted by Crippen LogP contribution is 2.12. The Morgan fingerprint density at radius 1 is 1.70 bits per heavy atom. The third-order valence-electron chi connectivity index (χ3n) is 1.24. The van der Waals surface area contributed by atoms with Crippen LogP contribution >= 0.6 is 0 Å². The molecule has 50 valence electrons. The van der Waals surface area contributed by atoms with Gasteiger partial charge in [0.1, 0.15) is 6.26 Å². The number of nitrogens with zero attached hydrogens (tertiary/aromatic N) is 3. The van der Waals surface area contributed by atoms with Crippen LogP contribution in [0, 0.1) is 0 Å². The molecule has 0 aliphatic rings. The predicted molar refractivity (Wildman–Crippen MR) is 36.7 cm³/mol. The van der Waals surface area contributed by atoms with E-state index in [9.17, 15) is 0 Å². The molecular weight excluding hydrogens is 130 g/mol. The minimum atomic E-state index is 0.583. The fourth-order valence-electron chi connectivity index (χ4n) is 0.795. The monoisotopic (exact) mass is 135 g/mol. The van der Waals surface area contributed by atoms with Crippen LogP contribution in [0.4, 0.5) is 5.82 Å². The van der Waals surface area contributed by atoms with Crippen LogP contribution in [-0.4, -0.2) is 16.3 Å². The lowest BCUT2D eigenvalue weighted by atomic mass is 10.6. The number of fused-ring (bicyclic) bond motifs is 1. The summed E-state index contributed by atoms with van der Waals surface area (Å²) in [6.07, 6.45) is 3.28. The molecule has 0 bridgehead atoms. The molecule has 0 amide bonds. The van der Waals surface area contributed by atoms with E-state index < -0.39 is 0 Å². The molecule has 0 unspecified atom stereocenters. The number of oxazole rings is 1. The lowest BCUT2D eigenvalue weighted by Gasteiger charge is -1.74. The first-order valence-electron chi connectivity index (χ1n) is 2.80. The molecule has 0 radical (unpaired) electrons. The molecule has 4 nitrogen and oxygen atoms in total. The van der Waals surface area contributed by atoms with Gasteiger partial charge in [0, 0.05) is 6.07 Å². The lowest BCUT2D eigenvalue weighted by Crippen LogP contribution is -1.75. The second-order valence-corrected chi connectivity index (χ2v) is 1.85. The van der Waals surface area contributed by atoms with E-state index in [1.54, 1.807) is 23.0 Å². The maximum absolute atomic E-state index is 5.01. The molecule has 0 aliphatic carbocycles. The van der Waals surface area contributed by atoms with Crippen LogP contribution in [0.2, 0.25) is 0 Å². The molecule has 2 aromatic heterocycles. The summed E-state index contributed by atoms with van der Waals surface area (Å²) < 4.78 is 6.61. The molecule has 2 aromatic rings. The van der Waals surface area contributed by atoms with Gasteiger partial charge < -0.3 is 4.42 Å². The van der Waals surface area contributed by atoms with Crippen molar-refractivity contribution in [1.29, 1.82) is 0 Å². The number of aliphatic imine (C=N–C) groups is 1. The van der Waals surface area contributed by atoms with Gasteiger partial charge in [-0.1, -0.05) is 0 Å². The second kappa shape index (κ2) is 1.70. The zero-order valence-corrected chi connectivity index (χ0v) is 5.19. The van der Waals surface area contributed by atoms with Crippen LogP contribution < -0.4 is 0 Å². The average molecular weight is 135 g/mol. The maximum Gasteiger partial charge on any atom is 0.223 e. The standard InChI is InChI=1S/C6H5N3O/c1-7-5-4-6-9(8-5)2-3-10-6/h2-4H,1H2. The first kappa shape index (κ1) is 5.22. The van der Waals surface area contributed by atoms with Crippen molar-refractivity contribution in [2.75, 3.05) is 0 Å². The summed E-state index contributed by atoms with van der Waals surface area (Å²) in [5, 5.41) is 3.98. The molecule has 0 saturated heterocycles. The lowest BCUT2D eigenvalue weighted by molar-refractivity contribution is 0.606. The largest absolute Gasteiger partial charge is 0.445 e. The van der Waals surface area contributed by atoms with Crippen LogP contribution in [0.25, 0.3) is 5.71 Å². The maximum atomic E-state index is 5.01. The summed E-state index contributed by atoms with van der Waals surface area (Å²) >= 11 is 0. The first-order valence-corrected chi connectivity index (χ1v) is 2.80. The minimum absolute atomic E-state index is 0.583. The normalized spacial score (nSPS) is 10.4.